The molecule has 0 aliphatic heterocycles. The summed E-state index contributed by atoms with van der Waals surface area (Å²) in [4.78, 5) is 11.5. The topological polar surface area (TPSA) is 64.3 Å². The maximum absolute atomic E-state index is 11.5. The third-order valence-corrected chi connectivity index (χ3v) is 2.23. The second kappa shape index (κ2) is 6.12. The van der Waals surface area contributed by atoms with E-state index in [9.17, 15) is 4.79 Å². The lowest BCUT2D eigenvalue weighted by molar-refractivity contribution is -0.117. The third kappa shape index (κ3) is 3.90. The molecule has 88 valence electrons. The first kappa shape index (κ1) is 12.5. The summed E-state index contributed by atoms with van der Waals surface area (Å²) in [5.41, 5.74) is 8.15. The fourth-order valence-electron chi connectivity index (χ4n) is 1.29. The summed E-state index contributed by atoms with van der Waals surface area (Å²) in [7, 11) is 0. The molecule has 0 saturated carbocycles. The van der Waals surface area contributed by atoms with E-state index in [1.807, 2.05) is 19.9 Å². The smallest absolute Gasteiger partial charge is 0.226 e. The zero-order valence-corrected chi connectivity index (χ0v) is 9.75. The number of nitrogens with one attached hydrogen (secondary N) is 1. The van der Waals surface area contributed by atoms with Crippen LogP contribution in [0, 0.1) is 6.92 Å². The van der Waals surface area contributed by atoms with Crippen molar-refractivity contribution in [1.29, 1.82) is 0 Å². The lowest BCUT2D eigenvalue weighted by Crippen LogP contribution is -2.14. The second-order valence-electron chi connectivity index (χ2n) is 3.57. The molecule has 4 heteroatoms. The molecule has 1 aromatic carbocycles. The zero-order chi connectivity index (χ0) is 12.0. The molecule has 1 amide bonds. The van der Waals surface area contributed by atoms with Gasteiger partial charge in [0.15, 0.2) is 0 Å². The van der Waals surface area contributed by atoms with Crippen LogP contribution >= 0.6 is 0 Å². The van der Waals surface area contributed by atoms with Crippen LogP contribution in [-0.4, -0.2) is 19.1 Å². The van der Waals surface area contributed by atoms with Crippen molar-refractivity contribution in [2.24, 2.45) is 0 Å². The van der Waals surface area contributed by atoms with Gasteiger partial charge in [0.2, 0.25) is 5.91 Å². The Bertz CT molecular complexity index is 364. The van der Waals surface area contributed by atoms with Gasteiger partial charge in [-0.3, -0.25) is 4.79 Å². The number of nitrogen functional groups attached to an aromatic ring is 1. The number of carbonyl (C=O) groups excluding carboxylic acids is 1. The van der Waals surface area contributed by atoms with E-state index in [-0.39, 0.29) is 5.91 Å². The average molecular weight is 222 g/mol. The van der Waals surface area contributed by atoms with Crippen molar-refractivity contribution in [1.82, 2.24) is 0 Å². The molecular formula is C12H18N2O2. The van der Waals surface area contributed by atoms with Crippen LogP contribution in [0.1, 0.15) is 18.9 Å². The van der Waals surface area contributed by atoms with Crippen LogP contribution in [0.4, 0.5) is 11.4 Å². The molecule has 0 fully saturated rings. The SMILES string of the molecule is CCOCCC(=O)Nc1ccc(N)c(C)c1. The van der Waals surface area contributed by atoms with Gasteiger partial charge in [-0.25, -0.2) is 0 Å². The van der Waals surface area contributed by atoms with E-state index in [1.54, 1.807) is 12.1 Å². The Morgan fingerprint density at radius 2 is 2.25 bits per heavy atom. The summed E-state index contributed by atoms with van der Waals surface area (Å²) in [5.74, 6) is -0.0439. The first-order chi connectivity index (χ1) is 7.63. The first-order valence-electron chi connectivity index (χ1n) is 5.37. The minimum atomic E-state index is -0.0439. The van der Waals surface area contributed by atoms with Gasteiger partial charge in [0.05, 0.1) is 13.0 Å². The van der Waals surface area contributed by atoms with E-state index < -0.39 is 0 Å². The van der Waals surface area contributed by atoms with Crippen LogP contribution in [0.2, 0.25) is 0 Å². The number of amides is 1. The molecule has 0 aliphatic carbocycles. The zero-order valence-electron chi connectivity index (χ0n) is 9.75. The van der Waals surface area contributed by atoms with Gasteiger partial charge in [0.25, 0.3) is 0 Å². The van der Waals surface area contributed by atoms with Gasteiger partial charge in [0, 0.05) is 18.0 Å². The minimum Gasteiger partial charge on any atom is -0.399 e. The number of ether oxygens (including phenoxy) is 1. The van der Waals surface area contributed by atoms with E-state index in [0.717, 1.165) is 16.9 Å². The number of hydrogen-bond donors (Lipinski definition) is 2. The first-order valence-corrected chi connectivity index (χ1v) is 5.37. The van der Waals surface area contributed by atoms with Gasteiger partial charge in [-0.05, 0) is 37.6 Å². The second-order valence-corrected chi connectivity index (χ2v) is 3.57. The van der Waals surface area contributed by atoms with E-state index in [4.69, 9.17) is 10.5 Å². The number of carbonyl (C=O) groups is 1. The van der Waals surface area contributed by atoms with Gasteiger partial charge in [-0.1, -0.05) is 0 Å². The van der Waals surface area contributed by atoms with Gasteiger partial charge in [-0.2, -0.15) is 0 Å². The van der Waals surface area contributed by atoms with E-state index >= 15 is 0 Å². The fraction of sp³-hybridized carbons (Fsp3) is 0.417. The molecule has 0 spiro atoms. The van der Waals surface area contributed by atoms with Crippen molar-refractivity contribution in [3.63, 3.8) is 0 Å². The molecule has 3 N–H and O–H groups in total. The van der Waals surface area contributed by atoms with Crippen molar-refractivity contribution >= 4 is 17.3 Å². The lowest BCUT2D eigenvalue weighted by atomic mass is 10.2. The summed E-state index contributed by atoms with van der Waals surface area (Å²) in [6, 6.07) is 5.43. The lowest BCUT2D eigenvalue weighted by Gasteiger charge is -2.07. The molecule has 0 bridgehead atoms. The average Bonchev–Trinajstić information content (AvgIpc) is 2.24. The molecule has 0 aromatic heterocycles. The number of anilines is 2. The Morgan fingerprint density at radius 3 is 2.88 bits per heavy atom. The number of benzene rings is 1. The van der Waals surface area contributed by atoms with Crippen LogP contribution in [0.25, 0.3) is 0 Å². The summed E-state index contributed by atoms with van der Waals surface area (Å²) >= 11 is 0. The summed E-state index contributed by atoms with van der Waals surface area (Å²) in [5, 5.41) is 2.79. The Balaban J connectivity index is 2.46. The Hall–Kier alpha value is -1.55. The molecular weight excluding hydrogens is 204 g/mol. The van der Waals surface area contributed by atoms with Crippen LogP contribution < -0.4 is 11.1 Å². The summed E-state index contributed by atoms with van der Waals surface area (Å²) < 4.78 is 5.10. The fourth-order valence-corrected chi connectivity index (χ4v) is 1.29. The van der Waals surface area contributed by atoms with Crippen LogP contribution in [0.5, 0.6) is 0 Å². The summed E-state index contributed by atoms with van der Waals surface area (Å²) in [6.07, 6.45) is 0.372. The molecule has 0 unspecified atom stereocenters. The van der Waals surface area contributed by atoms with E-state index in [0.29, 0.717) is 19.6 Å². The molecule has 0 atom stereocenters. The van der Waals surface area contributed by atoms with Crippen LogP contribution in [0.15, 0.2) is 18.2 Å². The maximum atomic E-state index is 11.5. The van der Waals surface area contributed by atoms with Crippen molar-refractivity contribution in [3.05, 3.63) is 23.8 Å². The van der Waals surface area contributed by atoms with Gasteiger partial charge in [-0.15, -0.1) is 0 Å². The van der Waals surface area contributed by atoms with Crippen molar-refractivity contribution in [2.45, 2.75) is 20.3 Å². The normalized spacial score (nSPS) is 10.1. The minimum absolute atomic E-state index is 0.0439. The van der Waals surface area contributed by atoms with Crippen LogP contribution in [0.3, 0.4) is 0 Å². The van der Waals surface area contributed by atoms with E-state index in [1.165, 1.54) is 0 Å². The largest absolute Gasteiger partial charge is 0.399 e. The van der Waals surface area contributed by atoms with Crippen molar-refractivity contribution in [3.8, 4) is 0 Å². The van der Waals surface area contributed by atoms with Gasteiger partial charge < -0.3 is 15.8 Å². The number of hydrogen-bond acceptors (Lipinski definition) is 3. The molecule has 0 radical (unpaired) electrons. The molecule has 0 saturated heterocycles. The van der Waals surface area contributed by atoms with E-state index in [2.05, 4.69) is 5.32 Å². The van der Waals surface area contributed by atoms with Crippen LogP contribution in [-0.2, 0) is 9.53 Å². The third-order valence-electron chi connectivity index (χ3n) is 2.23. The molecule has 0 heterocycles. The quantitative estimate of drug-likeness (QED) is 0.591. The number of rotatable bonds is 5. The molecule has 1 rings (SSSR count). The monoisotopic (exact) mass is 222 g/mol. The van der Waals surface area contributed by atoms with Crippen molar-refractivity contribution in [2.75, 3.05) is 24.3 Å². The summed E-state index contributed by atoms with van der Waals surface area (Å²) in [6.45, 7) is 4.90. The standard InChI is InChI=1S/C12H18N2O2/c1-3-16-7-6-12(15)14-10-4-5-11(13)9(2)8-10/h4-5,8H,3,6-7,13H2,1-2H3,(H,14,15). The van der Waals surface area contributed by atoms with Crippen molar-refractivity contribution < 1.29 is 9.53 Å². The predicted molar refractivity (Wildman–Crippen MR) is 65.3 cm³/mol. The highest BCUT2D eigenvalue weighted by molar-refractivity contribution is 5.91. The maximum Gasteiger partial charge on any atom is 0.226 e. The number of aryl methyl sites for hydroxylation is 1. The van der Waals surface area contributed by atoms with Gasteiger partial charge in [0.1, 0.15) is 0 Å². The molecule has 0 aliphatic rings. The highest BCUT2D eigenvalue weighted by Crippen LogP contribution is 2.16. The molecule has 1 aromatic rings. The predicted octanol–water partition coefficient (Wildman–Crippen LogP) is 1.94. The highest BCUT2D eigenvalue weighted by Gasteiger charge is 2.03. The highest BCUT2D eigenvalue weighted by atomic mass is 16.5. The molecule has 16 heavy (non-hydrogen) atoms. The number of nitrogens with two attached hydrogens (primary N) is 1. The Morgan fingerprint density at radius 1 is 1.50 bits per heavy atom. The molecule has 4 nitrogen and oxygen atoms in total. The Labute approximate surface area is 95.8 Å². The van der Waals surface area contributed by atoms with Gasteiger partial charge >= 0.3 is 0 Å². The Kier molecular flexibility index (Phi) is 4.79.